The van der Waals surface area contributed by atoms with Gasteiger partial charge in [-0.15, -0.1) is 0 Å². The molecule has 2 N–H and O–H groups in total. The monoisotopic (exact) mass is 462 g/mol. The highest BCUT2D eigenvalue weighted by atomic mass is 19.1. The first-order chi connectivity index (χ1) is 16.5. The van der Waals surface area contributed by atoms with Crippen molar-refractivity contribution < 1.29 is 23.8 Å². The van der Waals surface area contributed by atoms with Crippen molar-refractivity contribution >= 4 is 22.4 Å². The molecule has 0 saturated heterocycles. The summed E-state index contributed by atoms with van der Waals surface area (Å²) in [7, 11) is 3.13. The molecular weight excluding hydrogens is 435 g/mol. The van der Waals surface area contributed by atoms with E-state index in [1.807, 2.05) is 34.9 Å². The summed E-state index contributed by atoms with van der Waals surface area (Å²) in [5.74, 6) is 0.558. The Hall–Kier alpha value is -3.84. The summed E-state index contributed by atoms with van der Waals surface area (Å²) in [4.78, 5) is 14.0. The molecule has 7 heteroatoms. The highest BCUT2D eigenvalue weighted by Crippen LogP contribution is 2.32. The van der Waals surface area contributed by atoms with Crippen LogP contribution in [0, 0.1) is 5.82 Å². The average molecular weight is 463 g/mol. The Morgan fingerprint density at radius 3 is 2.38 bits per heavy atom. The van der Waals surface area contributed by atoms with Crippen molar-refractivity contribution in [3.05, 3.63) is 89.9 Å². The molecule has 34 heavy (non-hydrogen) atoms. The van der Waals surface area contributed by atoms with Crippen LogP contribution < -0.4 is 14.8 Å². The number of aliphatic hydroxyl groups is 1. The molecule has 0 bridgehead atoms. The molecule has 0 saturated carbocycles. The molecule has 6 nitrogen and oxygen atoms in total. The fraction of sp³-hybridized carbons (Fsp3) is 0.222. The maximum absolute atomic E-state index is 14.2. The fourth-order valence-electron chi connectivity index (χ4n) is 4.05. The Morgan fingerprint density at radius 1 is 1.03 bits per heavy atom. The van der Waals surface area contributed by atoms with Crippen LogP contribution in [0.4, 0.5) is 10.1 Å². The molecule has 1 unspecified atom stereocenters. The van der Waals surface area contributed by atoms with Crippen LogP contribution in [0.1, 0.15) is 28.4 Å². The lowest BCUT2D eigenvalue weighted by Gasteiger charge is -2.20. The summed E-state index contributed by atoms with van der Waals surface area (Å²) in [6.07, 6.45) is 2.27. The Bertz CT molecular complexity index is 1260. The minimum atomic E-state index is -0.738. The minimum Gasteiger partial charge on any atom is -0.497 e. The van der Waals surface area contributed by atoms with Gasteiger partial charge in [-0.2, -0.15) is 0 Å². The van der Waals surface area contributed by atoms with Gasteiger partial charge in [0.05, 0.1) is 14.2 Å². The predicted molar refractivity (Wildman–Crippen MR) is 130 cm³/mol. The summed E-state index contributed by atoms with van der Waals surface area (Å²) in [5.41, 5.74) is 2.56. The number of Topliss-reactive ketones (excluding diaryl/α,β-unsaturated/α-hetero) is 1. The second-order valence-corrected chi connectivity index (χ2v) is 7.93. The Labute approximate surface area is 197 Å². The zero-order valence-corrected chi connectivity index (χ0v) is 19.1. The van der Waals surface area contributed by atoms with E-state index in [0.717, 1.165) is 11.1 Å². The molecule has 3 aromatic carbocycles. The molecular formula is C27H27FN2O4. The van der Waals surface area contributed by atoms with E-state index >= 15 is 0 Å². The normalized spacial score (nSPS) is 11.9. The van der Waals surface area contributed by atoms with Crippen molar-refractivity contribution in [3.63, 3.8) is 0 Å². The Morgan fingerprint density at radius 2 is 1.74 bits per heavy atom. The van der Waals surface area contributed by atoms with Crippen molar-refractivity contribution in [3.8, 4) is 11.5 Å². The van der Waals surface area contributed by atoms with E-state index in [1.54, 1.807) is 44.7 Å². The minimum absolute atomic E-state index is 0.0238. The number of ketones is 1. The highest BCUT2D eigenvalue weighted by Gasteiger charge is 2.26. The number of anilines is 1. The molecule has 0 aliphatic heterocycles. The number of methoxy groups -OCH3 is 2. The van der Waals surface area contributed by atoms with E-state index in [0.29, 0.717) is 41.1 Å². The largest absolute Gasteiger partial charge is 0.497 e. The van der Waals surface area contributed by atoms with Crippen LogP contribution in [0.5, 0.6) is 11.5 Å². The maximum atomic E-state index is 14.2. The quantitative estimate of drug-likeness (QED) is 0.316. The molecule has 1 heterocycles. The number of aliphatic hydroxyl groups excluding tert-OH is 1. The van der Waals surface area contributed by atoms with Gasteiger partial charge < -0.3 is 24.5 Å². The topological polar surface area (TPSA) is 72.7 Å². The number of hydrogen-bond acceptors (Lipinski definition) is 5. The van der Waals surface area contributed by atoms with Crippen molar-refractivity contribution in [2.45, 2.75) is 19.0 Å². The summed E-state index contributed by atoms with van der Waals surface area (Å²) < 4.78 is 26.8. The maximum Gasteiger partial charge on any atom is 0.191 e. The number of carbonyl (C=O) groups is 1. The second-order valence-electron chi connectivity index (χ2n) is 7.93. The zero-order chi connectivity index (χ0) is 24.1. The number of carbonyl (C=O) groups excluding carboxylic acids is 1. The third kappa shape index (κ3) is 4.89. The first-order valence-corrected chi connectivity index (χ1v) is 11.0. The lowest BCUT2D eigenvalue weighted by Crippen LogP contribution is -2.21. The van der Waals surface area contributed by atoms with Gasteiger partial charge in [-0.3, -0.25) is 4.79 Å². The third-order valence-electron chi connectivity index (χ3n) is 5.72. The zero-order valence-electron chi connectivity index (χ0n) is 19.1. The van der Waals surface area contributed by atoms with E-state index in [4.69, 9.17) is 9.47 Å². The molecule has 176 valence electrons. The second kappa shape index (κ2) is 10.4. The molecule has 0 aliphatic rings. The summed E-state index contributed by atoms with van der Waals surface area (Å²) in [5, 5.41) is 13.1. The van der Waals surface area contributed by atoms with Crippen molar-refractivity contribution in [1.82, 2.24) is 4.57 Å². The van der Waals surface area contributed by atoms with E-state index in [1.165, 1.54) is 12.1 Å². The number of ether oxygens (including phenoxy) is 2. The first kappa shape index (κ1) is 23.3. The predicted octanol–water partition coefficient (Wildman–Crippen LogP) is 5.22. The SMILES string of the molecule is COc1cc(NC(C(=O)c2cn(CCCO)c3ccc(F)cc23)c2ccccc2)cc(OC)c1. The van der Waals surface area contributed by atoms with Crippen LogP contribution >= 0.6 is 0 Å². The van der Waals surface area contributed by atoms with E-state index < -0.39 is 11.9 Å². The molecule has 0 fully saturated rings. The van der Waals surface area contributed by atoms with Crippen molar-refractivity contribution in [2.24, 2.45) is 0 Å². The number of fused-ring (bicyclic) bond motifs is 1. The third-order valence-corrected chi connectivity index (χ3v) is 5.72. The number of aromatic nitrogens is 1. The average Bonchev–Trinajstić information content (AvgIpc) is 3.23. The molecule has 0 spiro atoms. The summed E-state index contributed by atoms with van der Waals surface area (Å²) >= 11 is 0. The van der Waals surface area contributed by atoms with Crippen LogP contribution in [0.2, 0.25) is 0 Å². The molecule has 1 aromatic heterocycles. The van der Waals surface area contributed by atoms with Crippen LogP contribution in [0.3, 0.4) is 0 Å². The number of nitrogens with zero attached hydrogens (tertiary/aromatic N) is 1. The highest BCUT2D eigenvalue weighted by molar-refractivity contribution is 6.11. The molecule has 0 aliphatic carbocycles. The van der Waals surface area contributed by atoms with Crippen LogP contribution in [0.15, 0.2) is 72.9 Å². The van der Waals surface area contributed by atoms with Gasteiger partial charge in [0.15, 0.2) is 5.78 Å². The number of rotatable bonds is 10. The molecule has 4 rings (SSSR count). The van der Waals surface area contributed by atoms with Gasteiger partial charge >= 0.3 is 0 Å². The number of hydrogen-bond donors (Lipinski definition) is 2. The standard InChI is InChI=1S/C27H27FN2O4/c1-33-21-14-20(15-22(16-21)34-2)29-26(18-7-4-3-5-8-18)27(32)24-17-30(11-6-12-31)25-10-9-19(28)13-23(24)25/h3-5,7-10,13-17,26,29,31H,6,11-12H2,1-2H3. The number of halogens is 1. The Balaban J connectivity index is 1.80. The van der Waals surface area contributed by atoms with E-state index in [9.17, 15) is 14.3 Å². The van der Waals surface area contributed by atoms with Gasteiger partial charge in [0.2, 0.25) is 0 Å². The van der Waals surface area contributed by atoms with Crippen LogP contribution in [-0.2, 0) is 6.54 Å². The van der Waals surface area contributed by atoms with Crippen molar-refractivity contribution in [1.29, 1.82) is 0 Å². The van der Waals surface area contributed by atoms with Crippen LogP contribution in [-0.4, -0.2) is 36.3 Å². The van der Waals surface area contributed by atoms with Gasteiger partial charge in [0.25, 0.3) is 0 Å². The molecule has 1 atom stereocenters. The van der Waals surface area contributed by atoms with Gasteiger partial charge in [0.1, 0.15) is 23.4 Å². The van der Waals surface area contributed by atoms with Gasteiger partial charge in [-0.1, -0.05) is 30.3 Å². The number of aryl methyl sites for hydroxylation is 1. The van der Waals surface area contributed by atoms with Gasteiger partial charge in [-0.25, -0.2) is 4.39 Å². The van der Waals surface area contributed by atoms with E-state index in [-0.39, 0.29) is 12.4 Å². The van der Waals surface area contributed by atoms with Gasteiger partial charge in [0, 0.05) is 59.7 Å². The number of nitrogens with one attached hydrogen (secondary N) is 1. The van der Waals surface area contributed by atoms with Crippen LogP contribution in [0.25, 0.3) is 10.9 Å². The smallest absolute Gasteiger partial charge is 0.191 e. The summed E-state index contributed by atoms with van der Waals surface area (Å²) in [6.45, 7) is 0.540. The first-order valence-electron chi connectivity index (χ1n) is 11.0. The fourth-order valence-corrected chi connectivity index (χ4v) is 4.05. The molecule has 0 radical (unpaired) electrons. The van der Waals surface area contributed by atoms with Gasteiger partial charge in [-0.05, 0) is 30.2 Å². The Kier molecular flexibility index (Phi) is 7.13. The number of benzene rings is 3. The summed E-state index contributed by atoms with van der Waals surface area (Å²) in [6, 6.07) is 18.4. The van der Waals surface area contributed by atoms with Crippen molar-refractivity contribution in [2.75, 3.05) is 26.1 Å². The lowest BCUT2D eigenvalue weighted by atomic mass is 9.96. The molecule has 4 aromatic rings. The molecule has 0 amide bonds. The lowest BCUT2D eigenvalue weighted by molar-refractivity contribution is 0.0971. The van der Waals surface area contributed by atoms with E-state index in [2.05, 4.69) is 5.32 Å².